The van der Waals surface area contributed by atoms with Crippen molar-refractivity contribution >= 4 is 50.7 Å². The molecule has 2 aromatic heterocycles. The highest BCUT2D eigenvalue weighted by atomic mass is 35.5. The van der Waals surface area contributed by atoms with E-state index in [0.717, 1.165) is 32.1 Å². The number of benzene rings is 2. The fourth-order valence-corrected chi connectivity index (χ4v) is 4.93. The van der Waals surface area contributed by atoms with Crippen molar-refractivity contribution in [3.05, 3.63) is 70.8 Å². The van der Waals surface area contributed by atoms with E-state index in [1.165, 1.54) is 11.8 Å². The molecule has 0 radical (unpaired) electrons. The number of ketones is 1. The highest BCUT2D eigenvalue weighted by Crippen LogP contribution is 2.38. The van der Waals surface area contributed by atoms with Crippen LogP contribution in [0.15, 0.2) is 65.3 Å². The first-order valence-corrected chi connectivity index (χ1v) is 11.3. The molecule has 0 atom stereocenters. The molecule has 0 saturated carbocycles. The van der Waals surface area contributed by atoms with Crippen LogP contribution < -0.4 is 4.74 Å². The second-order valence-electron chi connectivity index (χ2n) is 6.18. The first-order chi connectivity index (χ1) is 14.2. The Morgan fingerprint density at radius 2 is 1.86 bits per heavy atom. The molecule has 4 nitrogen and oxygen atoms in total. The number of carbonyl (C=O) groups is 1. The molecule has 0 fully saturated rings. The van der Waals surface area contributed by atoms with E-state index in [-0.39, 0.29) is 5.78 Å². The van der Waals surface area contributed by atoms with Gasteiger partial charge in [0.25, 0.3) is 0 Å². The molecule has 4 rings (SSSR count). The van der Waals surface area contributed by atoms with E-state index >= 15 is 0 Å². The van der Waals surface area contributed by atoms with Crippen LogP contribution in [0.1, 0.15) is 17.3 Å². The summed E-state index contributed by atoms with van der Waals surface area (Å²) in [6, 6.07) is 14.9. The summed E-state index contributed by atoms with van der Waals surface area (Å²) in [4.78, 5) is 22.4. The molecule has 0 bridgehead atoms. The van der Waals surface area contributed by atoms with Crippen LogP contribution >= 0.6 is 34.7 Å². The molecular weight excluding hydrogens is 424 g/mol. The zero-order valence-corrected chi connectivity index (χ0v) is 18.0. The summed E-state index contributed by atoms with van der Waals surface area (Å²) >= 11 is 9.02. The first-order valence-electron chi connectivity index (χ1n) is 9.02. The van der Waals surface area contributed by atoms with Gasteiger partial charge >= 0.3 is 0 Å². The van der Waals surface area contributed by atoms with Crippen molar-refractivity contribution in [3.8, 4) is 16.9 Å². The predicted octanol–water partition coefficient (Wildman–Crippen LogP) is 6.39. The second kappa shape index (κ2) is 8.95. The predicted molar refractivity (Wildman–Crippen MR) is 121 cm³/mol. The molecule has 0 aliphatic rings. The molecule has 2 aromatic carbocycles. The summed E-state index contributed by atoms with van der Waals surface area (Å²) in [7, 11) is 0. The number of hydrogen-bond donors (Lipinski definition) is 0. The Morgan fingerprint density at radius 3 is 2.59 bits per heavy atom. The topological polar surface area (TPSA) is 52.1 Å². The molecule has 146 valence electrons. The van der Waals surface area contributed by atoms with Crippen molar-refractivity contribution in [1.82, 2.24) is 9.97 Å². The van der Waals surface area contributed by atoms with Crippen LogP contribution in [0.5, 0.6) is 5.75 Å². The second-order valence-corrected chi connectivity index (χ2v) is 8.44. The molecule has 2 heterocycles. The number of nitrogens with zero attached hydrogens (tertiary/aromatic N) is 2. The van der Waals surface area contributed by atoms with Gasteiger partial charge in [0.1, 0.15) is 21.9 Å². The maximum absolute atomic E-state index is 12.6. The van der Waals surface area contributed by atoms with Gasteiger partial charge in [0.05, 0.1) is 17.7 Å². The van der Waals surface area contributed by atoms with Gasteiger partial charge in [-0.3, -0.25) is 4.79 Å². The number of carbonyl (C=O) groups excluding carboxylic acids is 1. The minimum atomic E-state index is 0.0492. The molecule has 0 N–H and O–H groups in total. The largest absolute Gasteiger partial charge is 0.494 e. The third-order valence-corrected chi connectivity index (χ3v) is 6.45. The zero-order chi connectivity index (χ0) is 20.2. The number of Topliss-reactive ketones (excluding diaryl/α,β-unsaturated/α-hetero) is 1. The van der Waals surface area contributed by atoms with E-state index in [1.54, 1.807) is 29.8 Å². The monoisotopic (exact) mass is 440 g/mol. The standard InChI is InChI=1S/C22H17ClN2O2S2/c1-2-27-17-9-5-15(6-10-17)19(26)12-29-22-20-18(11-28-21(20)24-13-25-22)14-3-7-16(23)8-4-14/h3-11,13H,2,12H2,1H3. The summed E-state index contributed by atoms with van der Waals surface area (Å²) in [6.07, 6.45) is 1.55. The summed E-state index contributed by atoms with van der Waals surface area (Å²) in [5.41, 5.74) is 2.77. The Kier molecular flexibility index (Phi) is 6.13. The molecule has 0 aliphatic carbocycles. The highest BCUT2D eigenvalue weighted by Gasteiger charge is 2.15. The summed E-state index contributed by atoms with van der Waals surface area (Å²) in [5.74, 6) is 1.11. The first kappa shape index (κ1) is 19.9. The minimum Gasteiger partial charge on any atom is -0.494 e. The SMILES string of the molecule is CCOc1ccc(C(=O)CSc2ncnc3scc(-c4ccc(Cl)cc4)c23)cc1. The fraction of sp³-hybridized carbons (Fsp3) is 0.136. The van der Waals surface area contributed by atoms with Gasteiger partial charge in [0.2, 0.25) is 0 Å². The zero-order valence-electron chi connectivity index (χ0n) is 15.6. The number of rotatable bonds is 7. The number of fused-ring (bicyclic) bond motifs is 1. The van der Waals surface area contributed by atoms with Crippen molar-refractivity contribution in [2.75, 3.05) is 12.4 Å². The molecule has 0 unspecified atom stereocenters. The van der Waals surface area contributed by atoms with Crippen LogP contribution in [0.3, 0.4) is 0 Å². The van der Waals surface area contributed by atoms with Crippen LogP contribution in [0.4, 0.5) is 0 Å². The molecule has 7 heteroatoms. The molecule has 0 spiro atoms. The maximum atomic E-state index is 12.6. The summed E-state index contributed by atoms with van der Waals surface area (Å²) < 4.78 is 5.43. The van der Waals surface area contributed by atoms with Gasteiger partial charge in [-0.1, -0.05) is 35.5 Å². The Hall–Kier alpha value is -2.41. The molecule has 29 heavy (non-hydrogen) atoms. The van der Waals surface area contributed by atoms with Crippen LogP contribution in [-0.4, -0.2) is 28.1 Å². The van der Waals surface area contributed by atoms with Crippen LogP contribution in [0.25, 0.3) is 21.3 Å². The molecule has 0 amide bonds. The van der Waals surface area contributed by atoms with Gasteiger partial charge < -0.3 is 4.74 Å². The smallest absolute Gasteiger partial charge is 0.173 e. The van der Waals surface area contributed by atoms with E-state index in [0.29, 0.717) is 22.9 Å². The van der Waals surface area contributed by atoms with E-state index in [9.17, 15) is 4.79 Å². The van der Waals surface area contributed by atoms with Gasteiger partial charge in [-0.05, 0) is 48.9 Å². The van der Waals surface area contributed by atoms with Crippen molar-refractivity contribution in [3.63, 3.8) is 0 Å². The lowest BCUT2D eigenvalue weighted by Crippen LogP contribution is -2.03. The normalized spacial score (nSPS) is 11.0. The Bertz CT molecular complexity index is 1140. The van der Waals surface area contributed by atoms with E-state index < -0.39 is 0 Å². The molecule has 4 aromatic rings. The number of halogens is 1. The summed E-state index contributed by atoms with van der Waals surface area (Å²) in [5, 5.41) is 4.55. The van der Waals surface area contributed by atoms with Crippen molar-refractivity contribution in [1.29, 1.82) is 0 Å². The number of thiophene rings is 1. The lowest BCUT2D eigenvalue weighted by Gasteiger charge is -2.06. The number of aromatic nitrogens is 2. The quantitative estimate of drug-likeness (QED) is 0.189. The fourth-order valence-electron chi connectivity index (χ4n) is 2.92. The van der Waals surface area contributed by atoms with Gasteiger partial charge in [-0.25, -0.2) is 9.97 Å². The third-order valence-electron chi connectivity index (χ3n) is 4.32. The van der Waals surface area contributed by atoms with Crippen molar-refractivity contribution in [2.45, 2.75) is 11.9 Å². The third kappa shape index (κ3) is 4.45. The number of hydrogen-bond acceptors (Lipinski definition) is 6. The summed E-state index contributed by atoms with van der Waals surface area (Å²) in [6.45, 7) is 2.53. The number of thioether (sulfide) groups is 1. The van der Waals surface area contributed by atoms with E-state index in [4.69, 9.17) is 16.3 Å². The highest BCUT2D eigenvalue weighted by molar-refractivity contribution is 8.00. The average Bonchev–Trinajstić information content (AvgIpc) is 3.18. The Balaban J connectivity index is 1.57. The van der Waals surface area contributed by atoms with Gasteiger partial charge in [-0.2, -0.15) is 0 Å². The number of ether oxygens (including phenoxy) is 1. The maximum Gasteiger partial charge on any atom is 0.173 e. The van der Waals surface area contributed by atoms with Crippen LogP contribution in [-0.2, 0) is 0 Å². The molecule has 0 saturated heterocycles. The van der Waals surface area contributed by atoms with Gasteiger partial charge in [0, 0.05) is 21.5 Å². The van der Waals surface area contributed by atoms with E-state index in [1.807, 2.05) is 43.3 Å². The average molecular weight is 441 g/mol. The van der Waals surface area contributed by atoms with E-state index in [2.05, 4.69) is 15.3 Å². The Morgan fingerprint density at radius 1 is 1.10 bits per heavy atom. The molecular formula is C22H17ClN2O2S2. The lowest BCUT2D eigenvalue weighted by atomic mass is 10.1. The van der Waals surface area contributed by atoms with Crippen molar-refractivity contribution < 1.29 is 9.53 Å². The van der Waals surface area contributed by atoms with Crippen LogP contribution in [0, 0.1) is 0 Å². The van der Waals surface area contributed by atoms with Crippen molar-refractivity contribution in [2.24, 2.45) is 0 Å². The molecule has 0 aliphatic heterocycles. The Labute approximate surface area is 181 Å². The van der Waals surface area contributed by atoms with Gasteiger partial charge in [-0.15, -0.1) is 11.3 Å². The van der Waals surface area contributed by atoms with Crippen LogP contribution in [0.2, 0.25) is 5.02 Å². The van der Waals surface area contributed by atoms with Gasteiger partial charge in [0.15, 0.2) is 5.78 Å². The minimum absolute atomic E-state index is 0.0492. The lowest BCUT2D eigenvalue weighted by molar-refractivity contribution is 0.102.